The number of amides is 2. The molecule has 0 bridgehead atoms. The predicted molar refractivity (Wildman–Crippen MR) is 128 cm³/mol. The van der Waals surface area contributed by atoms with E-state index < -0.39 is 0 Å². The van der Waals surface area contributed by atoms with Crippen LogP contribution in [0.3, 0.4) is 0 Å². The topological polar surface area (TPSA) is 133 Å². The smallest absolute Gasteiger partial charge is 0.247 e. The van der Waals surface area contributed by atoms with Gasteiger partial charge in [-0.1, -0.05) is 18.9 Å². The first-order valence-electron chi connectivity index (χ1n) is 12.8. The van der Waals surface area contributed by atoms with Gasteiger partial charge in [0.1, 0.15) is 0 Å². The molecule has 2 aromatic rings. The summed E-state index contributed by atoms with van der Waals surface area (Å²) in [6, 6.07) is 9.65. The van der Waals surface area contributed by atoms with E-state index in [2.05, 4.69) is 32.2 Å². The molecular formula is C26H32N6O3. The minimum atomic E-state index is -0.121. The van der Waals surface area contributed by atoms with Crippen LogP contribution in [-0.2, 0) is 9.59 Å². The van der Waals surface area contributed by atoms with Crippen molar-refractivity contribution in [3.05, 3.63) is 35.7 Å². The van der Waals surface area contributed by atoms with E-state index in [1.54, 1.807) is 18.2 Å². The van der Waals surface area contributed by atoms with Crippen molar-refractivity contribution in [3.8, 4) is 17.5 Å². The number of hydrogen-bond donors (Lipinski definition) is 3. The van der Waals surface area contributed by atoms with Crippen LogP contribution in [0.2, 0.25) is 0 Å². The molecular weight excluding hydrogens is 444 g/mol. The van der Waals surface area contributed by atoms with Gasteiger partial charge in [-0.15, -0.1) is 10.2 Å². The molecule has 3 atom stereocenters. The van der Waals surface area contributed by atoms with Gasteiger partial charge >= 0.3 is 0 Å². The molecule has 2 amide bonds. The van der Waals surface area contributed by atoms with Gasteiger partial charge in [0.25, 0.3) is 0 Å². The fraction of sp³-hybridized carbons (Fsp3) is 0.577. The number of fused-ring (bicyclic) bond motifs is 1. The molecule has 3 unspecified atom stereocenters. The van der Waals surface area contributed by atoms with E-state index in [-0.39, 0.29) is 41.9 Å². The van der Waals surface area contributed by atoms with E-state index in [0.29, 0.717) is 30.2 Å². The highest BCUT2D eigenvalue weighted by Crippen LogP contribution is 2.34. The highest BCUT2D eigenvalue weighted by Gasteiger charge is 2.37. The van der Waals surface area contributed by atoms with Crippen molar-refractivity contribution in [2.45, 2.75) is 88.4 Å². The van der Waals surface area contributed by atoms with Crippen molar-refractivity contribution in [1.82, 2.24) is 26.1 Å². The highest BCUT2D eigenvalue weighted by atomic mass is 16.4. The van der Waals surface area contributed by atoms with Gasteiger partial charge < -0.3 is 15.1 Å². The average Bonchev–Trinajstić information content (AvgIpc) is 3.38. The van der Waals surface area contributed by atoms with Gasteiger partial charge in [-0.2, -0.15) is 5.26 Å². The molecule has 184 valence electrons. The Balaban J connectivity index is 1.06. The number of nitrogens with one attached hydrogen (secondary N) is 3. The summed E-state index contributed by atoms with van der Waals surface area (Å²) in [6.45, 7) is 0. The molecule has 1 aromatic heterocycles. The van der Waals surface area contributed by atoms with Crippen LogP contribution in [0.4, 0.5) is 0 Å². The maximum absolute atomic E-state index is 12.6. The molecule has 9 nitrogen and oxygen atoms in total. The number of hydrogen-bond acceptors (Lipinski definition) is 7. The minimum absolute atomic E-state index is 0.0349. The summed E-state index contributed by atoms with van der Waals surface area (Å²) in [5.41, 5.74) is 1.30. The van der Waals surface area contributed by atoms with Crippen LogP contribution < -0.4 is 16.0 Å². The Bertz CT molecular complexity index is 1100. The van der Waals surface area contributed by atoms with Crippen LogP contribution in [0, 0.1) is 17.2 Å². The zero-order valence-electron chi connectivity index (χ0n) is 19.8. The third-order valence-corrected chi connectivity index (χ3v) is 7.62. The Morgan fingerprint density at radius 2 is 1.97 bits per heavy atom. The zero-order valence-corrected chi connectivity index (χ0v) is 19.8. The molecule has 9 heteroatoms. The fourth-order valence-corrected chi connectivity index (χ4v) is 5.68. The largest absolute Gasteiger partial charge is 0.420 e. The van der Waals surface area contributed by atoms with Crippen LogP contribution in [0.5, 0.6) is 0 Å². The lowest BCUT2D eigenvalue weighted by Gasteiger charge is -2.40. The van der Waals surface area contributed by atoms with Crippen LogP contribution in [0.1, 0.15) is 81.6 Å². The predicted octanol–water partition coefficient (Wildman–Crippen LogP) is 3.14. The van der Waals surface area contributed by atoms with Crippen molar-refractivity contribution in [2.24, 2.45) is 5.92 Å². The molecule has 3 fully saturated rings. The van der Waals surface area contributed by atoms with Crippen LogP contribution in [0.15, 0.2) is 28.7 Å². The number of benzene rings is 1. The van der Waals surface area contributed by atoms with Gasteiger partial charge in [0.05, 0.1) is 23.7 Å². The van der Waals surface area contributed by atoms with Crippen molar-refractivity contribution >= 4 is 11.8 Å². The minimum Gasteiger partial charge on any atom is -0.420 e. The van der Waals surface area contributed by atoms with Crippen molar-refractivity contribution in [2.75, 3.05) is 0 Å². The molecule has 2 heterocycles. The Labute approximate surface area is 205 Å². The SMILES string of the molecule is N#Cc1cccc(-c2nnc(C3CCC(NC(=O)CCC4NC(=O)C5CCCCC5N4)CC3)o2)c1. The second kappa shape index (κ2) is 10.6. The normalized spacial score (nSPS) is 28.4. The molecule has 1 aromatic carbocycles. The maximum atomic E-state index is 12.6. The molecule has 0 spiro atoms. The van der Waals surface area contributed by atoms with Gasteiger partial charge in [0.2, 0.25) is 23.6 Å². The molecule has 2 aliphatic carbocycles. The van der Waals surface area contributed by atoms with Gasteiger partial charge in [-0.05, 0) is 63.1 Å². The molecule has 3 aliphatic rings. The van der Waals surface area contributed by atoms with Gasteiger partial charge in [0.15, 0.2) is 0 Å². The molecule has 0 radical (unpaired) electrons. The zero-order chi connectivity index (χ0) is 24.2. The van der Waals surface area contributed by atoms with E-state index in [9.17, 15) is 9.59 Å². The summed E-state index contributed by atoms with van der Waals surface area (Å²) in [5, 5.41) is 27.3. The number of nitriles is 1. The maximum Gasteiger partial charge on any atom is 0.247 e. The summed E-state index contributed by atoms with van der Waals surface area (Å²) in [6.07, 6.45) is 8.62. The average molecular weight is 477 g/mol. The van der Waals surface area contributed by atoms with Crippen molar-refractivity contribution in [1.29, 1.82) is 5.26 Å². The summed E-state index contributed by atoms with van der Waals surface area (Å²) < 4.78 is 5.92. The lowest BCUT2D eigenvalue weighted by molar-refractivity contribution is -0.131. The third kappa shape index (κ3) is 5.54. The number of rotatable bonds is 6. The van der Waals surface area contributed by atoms with Crippen molar-refractivity contribution < 1.29 is 14.0 Å². The fourth-order valence-electron chi connectivity index (χ4n) is 5.68. The van der Waals surface area contributed by atoms with E-state index in [1.807, 2.05) is 6.07 Å². The van der Waals surface area contributed by atoms with E-state index in [0.717, 1.165) is 56.9 Å². The van der Waals surface area contributed by atoms with E-state index in [1.165, 1.54) is 0 Å². The first-order valence-corrected chi connectivity index (χ1v) is 12.8. The molecule has 1 saturated heterocycles. The number of nitrogens with zero attached hydrogens (tertiary/aromatic N) is 3. The number of carbonyl (C=O) groups excluding carboxylic acids is 2. The first-order chi connectivity index (χ1) is 17.1. The monoisotopic (exact) mass is 476 g/mol. The molecule has 35 heavy (non-hydrogen) atoms. The molecule has 5 rings (SSSR count). The van der Waals surface area contributed by atoms with Gasteiger partial charge in [-0.3, -0.25) is 14.9 Å². The second-order valence-electron chi connectivity index (χ2n) is 10.0. The lowest BCUT2D eigenvalue weighted by Crippen LogP contribution is -2.62. The molecule has 3 N–H and O–H groups in total. The molecule has 1 aliphatic heterocycles. The van der Waals surface area contributed by atoms with Gasteiger partial charge in [0, 0.05) is 30.0 Å². The lowest BCUT2D eigenvalue weighted by atomic mass is 9.82. The molecule has 2 saturated carbocycles. The quantitative estimate of drug-likeness (QED) is 0.583. The first kappa shape index (κ1) is 23.5. The Morgan fingerprint density at radius 3 is 2.80 bits per heavy atom. The summed E-state index contributed by atoms with van der Waals surface area (Å²) in [4.78, 5) is 24.9. The third-order valence-electron chi connectivity index (χ3n) is 7.62. The van der Waals surface area contributed by atoms with Crippen LogP contribution in [0.25, 0.3) is 11.5 Å². The van der Waals surface area contributed by atoms with Gasteiger partial charge in [-0.25, -0.2) is 0 Å². The Hall–Kier alpha value is -3.25. The van der Waals surface area contributed by atoms with Crippen LogP contribution in [-0.4, -0.2) is 40.3 Å². The highest BCUT2D eigenvalue weighted by molar-refractivity contribution is 5.81. The summed E-state index contributed by atoms with van der Waals surface area (Å²) in [5.74, 6) is 1.48. The second-order valence-corrected chi connectivity index (χ2v) is 10.0. The Kier molecular flexibility index (Phi) is 7.09. The number of carbonyl (C=O) groups is 2. The standard InChI is InChI=1S/C26H32N6O3/c27-15-16-4-3-5-18(14-16)26-32-31-25(35-26)17-8-10-19(11-9-17)28-23(33)13-12-22-29-21-7-2-1-6-20(21)24(34)30-22/h3-5,14,17,19-22,29H,1-2,6-13H2,(H,28,33)(H,30,34). The van der Waals surface area contributed by atoms with E-state index >= 15 is 0 Å². The van der Waals surface area contributed by atoms with E-state index in [4.69, 9.17) is 9.68 Å². The summed E-state index contributed by atoms with van der Waals surface area (Å²) >= 11 is 0. The van der Waals surface area contributed by atoms with Crippen molar-refractivity contribution in [3.63, 3.8) is 0 Å². The number of aromatic nitrogens is 2. The summed E-state index contributed by atoms with van der Waals surface area (Å²) in [7, 11) is 0. The van der Waals surface area contributed by atoms with Crippen LogP contribution >= 0.6 is 0 Å². The Morgan fingerprint density at radius 1 is 1.14 bits per heavy atom.